The minimum absolute atomic E-state index is 0.0541. The summed E-state index contributed by atoms with van der Waals surface area (Å²) in [5.74, 6) is -1.62. The molecule has 3 aromatic carbocycles. The highest BCUT2D eigenvalue weighted by Gasteiger charge is 2.26. The van der Waals surface area contributed by atoms with Crippen LogP contribution in [0.15, 0.2) is 83.8 Å². The molecule has 6 rings (SSSR count). The summed E-state index contributed by atoms with van der Waals surface area (Å²) in [5.41, 5.74) is 8.97. The van der Waals surface area contributed by atoms with Crippen molar-refractivity contribution in [2.45, 2.75) is 6.42 Å². The predicted molar refractivity (Wildman–Crippen MR) is 199 cm³/mol. The van der Waals surface area contributed by atoms with Crippen molar-refractivity contribution in [1.29, 1.82) is 0 Å². The van der Waals surface area contributed by atoms with Crippen LogP contribution in [0.4, 0.5) is 10.1 Å². The number of ether oxygens (including phenoxy) is 1. The van der Waals surface area contributed by atoms with Crippen LogP contribution in [0.25, 0.3) is 21.9 Å². The Morgan fingerprint density at radius 1 is 0.906 bits per heavy atom. The number of nitrogens with zero attached hydrogens (tertiary/aromatic N) is 4. The molecule has 3 heterocycles. The molecule has 5 N–H and O–H groups in total. The van der Waals surface area contributed by atoms with Gasteiger partial charge in [0.2, 0.25) is 5.91 Å². The second-order valence-electron chi connectivity index (χ2n) is 12.4. The number of nitrogens with two attached hydrogens (primary N) is 1. The molecular weight excluding hydrogens is 703 g/mol. The van der Waals surface area contributed by atoms with Gasteiger partial charge in [0.15, 0.2) is 5.69 Å². The van der Waals surface area contributed by atoms with E-state index in [2.05, 4.69) is 25.8 Å². The van der Waals surface area contributed by atoms with Gasteiger partial charge in [0.25, 0.3) is 17.4 Å². The molecule has 15 heteroatoms. The number of piperazine rings is 1. The summed E-state index contributed by atoms with van der Waals surface area (Å²) in [6.07, 6.45) is 1.87. The molecule has 5 aromatic rings. The molecule has 0 spiro atoms. The number of carbonyl (C=O) groups excluding carboxylic acids is 3. The van der Waals surface area contributed by atoms with Gasteiger partial charge in [0, 0.05) is 67.9 Å². The topological polar surface area (TPSA) is 176 Å². The highest BCUT2D eigenvalue weighted by atomic mass is 35.5. The minimum atomic E-state index is -0.632. The Bertz CT molecular complexity index is 2190. The lowest BCUT2D eigenvalue weighted by atomic mass is 10.0. The smallest absolute Gasteiger partial charge is 0.272 e. The standard InChI is InChI=1S/C38H38ClFN8O5/c39-27-5-3-4-25(20-27)26-21-32(41)35(44-22-26)37(51)43-11-17-53-16-10-42-23-34(49)47-12-14-48(15-13-47)38(52)30-18-24(8-9-31(30)40)19-33-28-6-1-2-7-29(28)36(50)46-45-33/h1-9,18,20-22,42H,10-17,19,23,41H2,(H,43,51)(H,46,50). The van der Waals surface area contributed by atoms with Gasteiger partial charge in [-0.05, 0) is 47.5 Å². The Morgan fingerprint density at radius 2 is 1.66 bits per heavy atom. The van der Waals surface area contributed by atoms with Crippen LogP contribution in [0.5, 0.6) is 0 Å². The number of halogens is 2. The molecule has 13 nitrogen and oxygen atoms in total. The first-order chi connectivity index (χ1) is 25.7. The molecule has 0 aliphatic carbocycles. The molecule has 0 bridgehead atoms. The van der Waals surface area contributed by atoms with Crippen molar-refractivity contribution in [2.24, 2.45) is 0 Å². The van der Waals surface area contributed by atoms with Crippen molar-refractivity contribution in [3.05, 3.63) is 123 Å². The first-order valence-electron chi connectivity index (χ1n) is 17.1. The highest BCUT2D eigenvalue weighted by molar-refractivity contribution is 6.30. The molecule has 3 amide bonds. The maximum atomic E-state index is 14.9. The predicted octanol–water partition coefficient (Wildman–Crippen LogP) is 3.27. The fourth-order valence-electron chi connectivity index (χ4n) is 6.05. The zero-order valence-electron chi connectivity index (χ0n) is 28.7. The third kappa shape index (κ3) is 9.21. The molecular formula is C38H38ClFN8O5. The maximum Gasteiger partial charge on any atom is 0.272 e. The summed E-state index contributed by atoms with van der Waals surface area (Å²) >= 11 is 6.06. The van der Waals surface area contributed by atoms with Gasteiger partial charge in [-0.3, -0.25) is 19.2 Å². The van der Waals surface area contributed by atoms with E-state index in [4.69, 9.17) is 22.1 Å². The molecule has 1 fully saturated rings. The lowest BCUT2D eigenvalue weighted by Gasteiger charge is -2.35. The largest absolute Gasteiger partial charge is 0.397 e. The fourth-order valence-corrected chi connectivity index (χ4v) is 6.24. The summed E-state index contributed by atoms with van der Waals surface area (Å²) in [5, 5.41) is 14.3. The zero-order chi connectivity index (χ0) is 37.3. The van der Waals surface area contributed by atoms with Crippen LogP contribution in [0.1, 0.15) is 32.1 Å². The molecule has 0 unspecified atom stereocenters. The number of aromatic nitrogens is 3. The Labute approximate surface area is 309 Å². The third-order valence-electron chi connectivity index (χ3n) is 8.85. The number of hydrogen-bond donors (Lipinski definition) is 4. The second kappa shape index (κ2) is 17.2. The summed E-state index contributed by atoms with van der Waals surface area (Å²) in [6.45, 7) is 2.49. The number of carbonyl (C=O) groups is 3. The molecule has 1 aliphatic rings. The van der Waals surface area contributed by atoms with Crippen LogP contribution in [-0.2, 0) is 16.0 Å². The molecule has 1 saturated heterocycles. The monoisotopic (exact) mass is 740 g/mol. The number of pyridine rings is 1. The lowest BCUT2D eigenvalue weighted by molar-refractivity contribution is -0.131. The van der Waals surface area contributed by atoms with E-state index in [1.165, 1.54) is 12.1 Å². The Hall–Kier alpha value is -5.70. The van der Waals surface area contributed by atoms with Gasteiger partial charge in [-0.2, -0.15) is 5.10 Å². The van der Waals surface area contributed by atoms with Crippen molar-refractivity contribution >= 4 is 45.8 Å². The van der Waals surface area contributed by atoms with E-state index in [9.17, 15) is 23.6 Å². The molecule has 274 valence electrons. The van der Waals surface area contributed by atoms with Crippen molar-refractivity contribution in [2.75, 3.05) is 64.8 Å². The van der Waals surface area contributed by atoms with Crippen molar-refractivity contribution in [3.63, 3.8) is 0 Å². The van der Waals surface area contributed by atoms with E-state index < -0.39 is 17.6 Å². The average molecular weight is 741 g/mol. The van der Waals surface area contributed by atoms with Gasteiger partial charge in [0.1, 0.15) is 5.82 Å². The number of fused-ring (bicyclic) bond motifs is 1. The number of H-pyrrole nitrogens is 1. The van der Waals surface area contributed by atoms with E-state index in [0.717, 1.165) is 11.1 Å². The minimum Gasteiger partial charge on any atom is -0.397 e. The fraction of sp³-hybridized carbons (Fsp3) is 0.263. The number of hydrogen-bond acceptors (Lipinski definition) is 9. The van der Waals surface area contributed by atoms with E-state index in [0.29, 0.717) is 59.7 Å². The van der Waals surface area contributed by atoms with Crippen LogP contribution in [0.3, 0.4) is 0 Å². The van der Waals surface area contributed by atoms with E-state index in [1.54, 1.807) is 58.5 Å². The maximum absolute atomic E-state index is 14.9. The molecule has 2 aromatic heterocycles. The zero-order valence-corrected chi connectivity index (χ0v) is 29.5. The van der Waals surface area contributed by atoms with Gasteiger partial charge in [0.05, 0.1) is 42.1 Å². The normalized spacial score (nSPS) is 12.9. The van der Waals surface area contributed by atoms with Gasteiger partial charge in [-0.1, -0.05) is 48.0 Å². The third-order valence-corrected chi connectivity index (χ3v) is 9.08. The van der Waals surface area contributed by atoms with Crippen molar-refractivity contribution in [1.82, 2.24) is 35.6 Å². The number of aromatic amines is 1. The Morgan fingerprint density at radius 3 is 2.43 bits per heavy atom. The summed E-state index contributed by atoms with van der Waals surface area (Å²) in [7, 11) is 0. The van der Waals surface area contributed by atoms with Crippen LogP contribution in [0.2, 0.25) is 5.02 Å². The first-order valence-corrected chi connectivity index (χ1v) is 17.5. The van der Waals surface area contributed by atoms with Crippen LogP contribution < -0.4 is 21.9 Å². The van der Waals surface area contributed by atoms with Crippen LogP contribution in [0, 0.1) is 5.82 Å². The van der Waals surface area contributed by atoms with Gasteiger partial charge < -0.3 is 30.9 Å². The van der Waals surface area contributed by atoms with Crippen LogP contribution >= 0.6 is 11.6 Å². The lowest BCUT2D eigenvalue weighted by Crippen LogP contribution is -2.52. The van der Waals surface area contributed by atoms with E-state index in [-0.39, 0.29) is 61.2 Å². The van der Waals surface area contributed by atoms with Gasteiger partial charge in [-0.25, -0.2) is 14.5 Å². The van der Waals surface area contributed by atoms with Crippen molar-refractivity contribution in [3.8, 4) is 11.1 Å². The Kier molecular flexibility index (Phi) is 12.0. The van der Waals surface area contributed by atoms with Crippen molar-refractivity contribution < 1.29 is 23.5 Å². The van der Waals surface area contributed by atoms with Crippen LogP contribution in [-0.4, -0.2) is 102 Å². The number of nitrogen functional groups attached to an aromatic ring is 1. The van der Waals surface area contributed by atoms with Gasteiger partial charge in [-0.15, -0.1) is 0 Å². The molecule has 53 heavy (non-hydrogen) atoms. The first kappa shape index (κ1) is 37.1. The quantitative estimate of drug-likeness (QED) is 0.132. The molecule has 0 saturated carbocycles. The number of nitrogens with one attached hydrogen (secondary N) is 3. The highest BCUT2D eigenvalue weighted by Crippen LogP contribution is 2.25. The molecule has 0 radical (unpaired) electrons. The number of amides is 3. The molecule has 0 atom stereocenters. The second-order valence-corrected chi connectivity index (χ2v) is 12.9. The van der Waals surface area contributed by atoms with Gasteiger partial charge >= 0.3 is 0 Å². The summed E-state index contributed by atoms with van der Waals surface area (Å²) in [4.78, 5) is 58.2. The molecule has 1 aliphatic heterocycles. The summed E-state index contributed by atoms with van der Waals surface area (Å²) < 4.78 is 20.4. The average Bonchev–Trinajstić information content (AvgIpc) is 3.17. The van der Waals surface area contributed by atoms with E-state index >= 15 is 0 Å². The number of rotatable bonds is 13. The number of anilines is 1. The summed E-state index contributed by atoms with van der Waals surface area (Å²) in [6, 6.07) is 20.4. The van der Waals surface area contributed by atoms with E-state index in [1.807, 2.05) is 18.2 Å². The Balaban J connectivity index is 0.881. The SMILES string of the molecule is Nc1cc(-c2cccc(Cl)c2)cnc1C(=O)NCCOCCNCC(=O)N1CCN(C(=O)c2cc(Cc3n[nH]c(=O)c4ccccc34)ccc2F)CC1. The number of benzene rings is 3.